The van der Waals surface area contributed by atoms with Crippen LogP contribution in [0.5, 0.6) is 0 Å². The van der Waals surface area contributed by atoms with Gasteiger partial charge in [-0.15, -0.1) is 11.6 Å². The molecule has 1 amide bonds. The number of rotatable bonds is 0. The fourth-order valence-electron chi connectivity index (χ4n) is 1.21. The van der Waals surface area contributed by atoms with Gasteiger partial charge >= 0.3 is 6.09 Å². The highest BCUT2D eigenvalue weighted by atomic mass is 35.5. The summed E-state index contributed by atoms with van der Waals surface area (Å²) in [7, 11) is 0. The van der Waals surface area contributed by atoms with Crippen molar-refractivity contribution in [2.75, 3.05) is 13.1 Å². The number of likely N-dealkylation sites (tertiary alicyclic amines) is 1. The van der Waals surface area contributed by atoms with Gasteiger partial charge in [-0.3, -0.25) is 0 Å². The van der Waals surface area contributed by atoms with E-state index in [9.17, 15) is 4.79 Å². The van der Waals surface area contributed by atoms with Crippen LogP contribution in [0.4, 0.5) is 4.79 Å². The quantitative estimate of drug-likeness (QED) is 0.568. The first-order chi connectivity index (χ1) is 5.70. The number of hydrogen-bond acceptors (Lipinski definition) is 2. The van der Waals surface area contributed by atoms with Crippen LogP contribution < -0.4 is 0 Å². The number of hydrogen-bond donors (Lipinski definition) is 0. The lowest BCUT2D eigenvalue weighted by molar-refractivity contribution is 0.00556. The molecule has 0 aromatic carbocycles. The first kappa shape index (κ1) is 10.6. The Bertz CT molecular complexity index is 212. The zero-order chi connectivity index (χ0) is 10.3. The summed E-state index contributed by atoms with van der Waals surface area (Å²) in [5.74, 6) is 0. The van der Waals surface area contributed by atoms with E-state index in [2.05, 4.69) is 0 Å². The lowest BCUT2D eigenvalue weighted by Gasteiger charge is -2.43. The van der Waals surface area contributed by atoms with Crippen LogP contribution in [0.2, 0.25) is 0 Å². The zero-order valence-corrected chi connectivity index (χ0v) is 9.31. The molecule has 0 atom stereocenters. The third-order valence-corrected chi connectivity index (χ3v) is 1.93. The third-order valence-electron chi connectivity index (χ3n) is 1.69. The van der Waals surface area contributed by atoms with Gasteiger partial charge in [-0.05, 0) is 27.7 Å². The average Bonchev–Trinajstić information content (AvgIpc) is 1.77. The van der Waals surface area contributed by atoms with Crippen LogP contribution in [0.1, 0.15) is 27.7 Å². The highest BCUT2D eigenvalue weighted by Gasteiger charge is 2.41. The van der Waals surface area contributed by atoms with Gasteiger partial charge in [0.1, 0.15) is 5.60 Å². The van der Waals surface area contributed by atoms with E-state index >= 15 is 0 Å². The van der Waals surface area contributed by atoms with E-state index in [1.54, 1.807) is 4.90 Å². The Morgan fingerprint density at radius 1 is 1.46 bits per heavy atom. The van der Waals surface area contributed by atoms with Gasteiger partial charge in [-0.2, -0.15) is 0 Å². The summed E-state index contributed by atoms with van der Waals surface area (Å²) in [6, 6.07) is 0. The average molecular weight is 206 g/mol. The molecule has 4 heteroatoms. The van der Waals surface area contributed by atoms with Crippen molar-refractivity contribution in [3.63, 3.8) is 0 Å². The summed E-state index contributed by atoms with van der Waals surface area (Å²) < 4.78 is 5.16. The first-order valence-electron chi connectivity index (χ1n) is 4.36. The Labute approximate surface area is 84.0 Å². The SMILES string of the molecule is CC1(Cl)CN(C(=O)OC(C)(C)C)C1. The Hall–Kier alpha value is -0.440. The van der Waals surface area contributed by atoms with Crippen LogP contribution in [0.25, 0.3) is 0 Å². The summed E-state index contributed by atoms with van der Waals surface area (Å²) >= 11 is 5.97. The number of carbonyl (C=O) groups excluding carboxylic acids is 1. The van der Waals surface area contributed by atoms with E-state index in [0.29, 0.717) is 13.1 Å². The van der Waals surface area contributed by atoms with Crippen LogP contribution in [-0.2, 0) is 4.74 Å². The summed E-state index contributed by atoms with van der Waals surface area (Å²) in [6.45, 7) is 8.61. The maximum atomic E-state index is 11.4. The Morgan fingerprint density at radius 2 is 1.92 bits per heavy atom. The van der Waals surface area contributed by atoms with Gasteiger partial charge in [-0.1, -0.05) is 0 Å². The molecule has 0 bridgehead atoms. The van der Waals surface area contributed by atoms with Gasteiger partial charge in [0, 0.05) is 13.1 Å². The first-order valence-corrected chi connectivity index (χ1v) is 4.74. The van der Waals surface area contributed by atoms with Gasteiger partial charge in [0.15, 0.2) is 0 Å². The van der Waals surface area contributed by atoms with Gasteiger partial charge in [0.2, 0.25) is 0 Å². The van der Waals surface area contributed by atoms with Crippen molar-refractivity contribution in [2.45, 2.75) is 38.2 Å². The molecule has 3 nitrogen and oxygen atoms in total. The molecule has 0 spiro atoms. The fourth-order valence-corrected chi connectivity index (χ4v) is 1.49. The van der Waals surface area contributed by atoms with Crippen molar-refractivity contribution < 1.29 is 9.53 Å². The van der Waals surface area contributed by atoms with Gasteiger partial charge < -0.3 is 9.64 Å². The summed E-state index contributed by atoms with van der Waals surface area (Å²) in [4.78, 5) is 12.7. The van der Waals surface area contributed by atoms with Crippen LogP contribution in [0.3, 0.4) is 0 Å². The predicted molar refractivity (Wildman–Crippen MR) is 52.1 cm³/mol. The molecule has 0 N–H and O–H groups in total. The molecule has 1 heterocycles. The van der Waals surface area contributed by atoms with Crippen LogP contribution >= 0.6 is 11.6 Å². The molecule has 0 aliphatic carbocycles. The van der Waals surface area contributed by atoms with E-state index < -0.39 is 5.60 Å². The number of ether oxygens (including phenoxy) is 1. The second kappa shape index (κ2) is 3.05. The van der Waals surface area contributed by atoms with Crippen LogP contribution in [0.15, 0.2) is 0 Å². The Morgan fingerprint density at radius 3 is 2.23 bits per heavy atom. The molecule has 1 aliphatic heterocycles. The maximum Gasteiger partial charge on any atom is 0.410 e. The number of carbonyl (C=O) groups is 1. The van der Waals surface area contributed by atoms with Crippen molar-refractivity contribution in [3.8, 4) is 0 Å². The lowest BCUT2D eigenvalue weighted by Crippen LogP contribution is -2.59. The molecule has 1 saturated heterocycles. The van der Waals surface area contributed by atoms with Crippen molar-refractivity contribution in [3.05, 3.63) is 0 Å². The molecule has 1 fully saturated rings. The molecule has 1 rings (SSSR count). The zero-order valence-electron chi connectivity index (χ0n) is 8.56. The van der Waals surface area contributed by atoms with E-state index in [1.165, 1.54) is 0 Å². The second-order valence-electron chi connectivity index (χ2n) is 4.75. The van der Waals surface area contributed by atoms with Crippen LogP contribution in [-0.4, -0.2) is 34.6 Å². The summed E-state index contributed by atoms with van der Waals surface area (Å²) in [5.41, 5.74) is -0.421. The number of alkyl halides is 1. The molecule has 13 heavy (non-hydrogen) atoms. The van der Waals surface area contributed by atoms with Crippen molar-refractivity contribution in [2.24, 2.45) is 0 Å². The number of amides is 1. The van der Waals surface area contributed by atoms with Gasteiger partial charge in [-0.25, -0.2) is 4.79 Å². The molecule has 0 aromatic heterocycles. The van der Waals surface area contributed by atoms with Gasteiger partial charge in [0.25, 0.3) is 0 Å². The molecule has 0 aromatic rings. The predicted octanol–water partition coefficient (Wildman–Crippen LogP) is 2.23. The topological polar surface area (TPSA) is 29.5 Å². The molecule has 0 saturated carbocycles. The standard InChI is InChI=1S/C9H16ClNO2/c1-8(2,3)13-7(12)11-5-9(4,10)6-11/h5-6H2,1-4H3. The second-order valence-corrected chi connectivity index (χ2v) is 5.66. The maximum absolute atomic E-state index is 11.4. The fraction of sp³-hybridized carbons (Fsp3) is 0.889. The molecule has 76 valence electrons. The van der Waals surface area contributed by atoms with Gasteiger partial charge in [0.05, 0.1) is 4.87 Å². The molecular weight excluding hydrogens is 190 g/mol. The smallest absolute Gasteiger partial charge is 0.410 e. The van der Waals surface area contributed by atoms with Crippen LogP contribution in [0, 0.1) is 0 Å². The summed E-state index contributed by atoms with van der Waals surface area (Å²) in [5, 5.41) is 0. The minimum atomic E-state index is -0.421. The van der Waals surface area contributed by atoms with E-state index in [4.69, 9.17) is 16.3 Å². The minimum absolute atomic E-state index is 0.253. The largest absolute Gasteiger partial charge is 0.444 e. The van der Waals surface area contributed by atoms with Crippen molar-refractivity contribution in [1.82, 2.24) is 4.90 Å². The third kappa shape index (κ3) is 3.07. The highest BCUT2D eigenvalue weighted by molar-refractivity contribution is 6.25. The Balaban J connectivity index is 2.36. The normalized spacial score (nSPS) is 20.8. The molecule has 1 aliphatic rings. The summed E-state index contributed by atoms with van der Waals surface area (Å²) in [6.07, 6.45) is -0.273. The monoisotopic (exact) mass is 205 g/mol. The van der Waals surface area contributed by atoms with E-state index in [0.717, 1.165) is 0 Å². The number of nitrogens with zero attached hydrogens (tertiary/aromatic N) is 1. The number of halogens is 1. The highest BCUT2D eigenvalue weighted by Crippen LogP contribution is 2.28. The molecular formula is C9H16ClNO2. The Kier molecular flexibility index (Phi) is 2.50. The minimum Gasteiger partial charge on any atom is -0.444 e. The lowest BCUT2D eigenvalue weighted by atomic mass is 10.0. The van der Waals surface area contributed by atoms with E-state index in [-0.39, 0.29) is 11.0 Å². The van der Waals surface area contributed by atoms with Crippen molar-refractivity contribution >= 4 is 17.7 Å². The molecule has 0 unspecified atom stereocenters. The van der Waals surface area contributed by atoms with Crippen molar-refractivity contribution in [1.29, 1.82) is 0 Å². The van der Waals surface area contributed by atoms with E-state index in [1.807, 2.05) is 27.7 Å². The molecule has 0 radical (unpaired) electrons.